The van der Waals surface area contributed by atoms with Crippen molar-refractivity contribution >= 4 is 28.2 Å². The Labute approximate surface area is 169 Å². The number of thiophene rings is 1. The summed E-state index contributed by atoms with van der Waals surface area (Å²) in [5, 5.41) is 12.8. The van der Waals surface area contributed by atoms with Gasteiger partial charge < -0.3 is 10.1 Å². The predicted molar refractivity (Wildman–Crippen MR) is 110 cm³/mol. The lowest BCUT2D eigenvalue weighted by Crippen LogP contribution is -2.21. The Hall–Kier alpha value is -2.65. The van der Waals surface area contributed by atoms with Crippen LogP contribution in [-0.4, -0.2) is 18.5 Å². The largest absolute Gasteiger partial charge is 0.452 e. The molecule has 0 fully saturated rings. The summed E-state index contributed by atoms with van der Waals surface area (Å²) in [7, 11) is 0. The summed E-state index contributed by atoms with van der Waals surface area (Å²) in [4.78, 5) is 25.6. The zero-order valence-electron chi connectivity index (χ0n) is 16.4. The number of carbonyl (C=O) groups is 2. The van der Waals surface area contributed by atoms with Gasteiger partial charge in [0.05, 0.1) is 11.1 Å². The standard InChI is InChI=1S/C22H24N2O3S/c1-13(2)15-5-7-16(8-6-15)22(26)27-12-20(25)24-21-18(11-23)17-9-4-14(3)10-19(17)28-21/h5-8,13-14H,4,9-10,12H2,1-3H3,(H,24,25)/t14-/m1/s1. The van der Waals surface area contributed by atoms with Crippen molar-refractivity contribution in [2.24, 2.45) is 5.92 Å². The number of nitrogens with zero attached hydrogens (tertiary/aromatic N) is 1. The van der Waals surface area contributed by atoms with Gasteiger partial charge in [0.25, 0.3) is 5.91 Å². The van der Waals surface area contributed by atoms with E-state index in [-0.39, 0.29) is 6.61 Å². The van der Waals surface area contributed by atoms with Gasteiger partial charge in [0, 0.05) is 4.88 Å². The molecule has 0 unspecified atom stereocenters. The number of anilines is 1. The lowest BCUT2D eigenvalue weighted by atomic mass is 9.89. The van der Waals surface area contributed by atoms with E-state index in [1.54, 1.807) is 12.1 Å². The zero-order chi connectivity index (χ0) is 20.3. The van der Waals surface area contributed by atoms with Crippen molar-refractivity contribution in [1.29, 1.82) is 5.26 Å². The van der Waals surface area contributed by atoms with Gasteiger partial charge in [-0.25, -0.2) is 4.79 Å². The van der Waals surface area contributed by atoms with Gasteiger partial charge in [-0.05, 0) is 54.4 Å². The normalized spacial score (nSPS) is 15.6. The Kier molecular flexibility index (Phi) is 6.15. The summed E-state index contributed by atoms with van der Waals surface area (Å²) in [6.07, 6.45) is 2.86. The molecule has 1 atom stereocenters. The van der Waals surface area contributed by atoms with Crippen LogP contribution in [-0.2, 0) is 22.4 Å². The summed E-state index contributed by atoms with van der Waals surface area (Å²) in [6, 6.07) is 9.40. The zero-order valence-corrected chi connectivity index (χ0v) is 17.2. The number of esters is 1. The van der Waals surface area contributed by atoms with E-state index in [9.17, 15) is 14.9 Å². The van der Waals surface area contributed by atoms with Crippen molar-refractivity contribution in [2.45, 2.75) is 46.0 Å². The number of amides is 1. The van der Waals surface area contributed by atoms with Gasteiger partial charge in [0.2, 0.25) is 0 Å². The highest BCUT2D eigenvalue weighted by molar-refractivity contribution is 7.16. The highest BCUT2D eigenvalue weighted by Gasteiger charge is 2.24. The van der Waals surface area contributed by atoms with Crippen LogP contribution in [0.2, 0.25) is 0 Å². The van der Waals surface area contributed by atoms with Crippen LogP contribution in [0, 0.1) is 17.2 Å². The molecule has 1 aliphatic carbocycles. The first-order valence-electron chi connectivity index (χ1n) is 9.50. The van der Waals surface area contributed by atoms with Gasteiger partial charge in [0.1, 0.15) is 11.1 Å². The number of hydrogen-bond acceptors (Lipinski definition) is 5. The Morgan fingerprint density at radius 2 is 2.04 bits per heavy atom. The van der Waals surface area contributed by atoms with Crippen molar-refractivity contribution in [3.63, 3.8) is 0 Å². The first-order valence-corrected chi connectivity index (χ1v) is 10.3. The maximum atomic E-state index is 12.2. The molecule has 0 spiro atoms. The van der Waals surface area contributed by atoms with Gasteiger partial charge in [0.15, 0.2) is 6.61 Å². The van der Waals surface area contributed by atoms with Crippen LogP contribution in [0.3, 0.4) is 0 Å². The van der Waals surface area contributed by atoms with E-state index in [2.05, 4.69) is 32.2 Å². The fourth-order valence-electron chi connectivity index (χ4n) is 3.34. The fourth-order valence-corrected chi connectivity index (χ4v) is 4.72. The first-order chi connectivity index (χ1) is 13.4. The molecule has 1 aliphatic rings. The molecule has 2 aromatic rings. The molecule has 6 heteroatoms. The van der Waals surface area contributed by atoms with E-state index < -0.39 is 11.9 Å². The summed E-state index contributed by atoms with van der Waals surface area (Å²) in [6.45, 7) is 5.97. The third kappa shape index (κ3) is 4.42. The summed E-state index contributed by atoms with van der Waals surface area (Å²) >= 11 is 1.46. The van der Waals surface area contributed by atoms with Crippen LogP contribution in [0.25, 0.3) is 0 Å². The third-order valence-corrected chi connectivity index (χ3v) is 6.19. The summed E-state index contributed by atoms with van der Waals surface area (Å²) in [5.74, 6) is -0.00498. The molecule has 1 aromatic carbocycles. The van der Waals surface area contributed by atoms with E-state index in [0.29, 0.717) is 28.0 Å². The topological polar surface area (TPSA) is 79.2 Å². The second kappa shape index (κ2) is 8.57. The van der Waals surface area contributed by atoms with E-state index in [0.717, 1.165) is 30.4 Å². The van der Waals surface area contributed by atoms with Gasteiger partial charge >= 0.3 is 5.97 Å². The minimum Gasteiger partial charge on any atom is -0.452 e. The predicted octanol–water partition coefficient (Wildman–Crippen LogP) is 4.66. The molecule has 1 N–H and O–H groups in total. The van der Waals surface area contributed by atoms with Gasteiger partial charge in [-0.3, -0.25) is 4.79 Å². The number of fused-ring (bicyclic) bond motifs is 1. The van der Waals surface area contributed by atoms with E-state index >= 15 is 0 Å². The first kappa shape index (κ1) is 20.1. The molecule has 0 bridgehead atoms. The van der Waals surface area contributed by atoms with Gasteiger partial charge in [-0.15, -0.1) is 11.3 Å². The molecule has 0 radical (unpaired) electrons. The molecule has 0 saturated heterocycles. The lowest BCUT2D eigenvalue weighted by molar-refractivity contribution is -0.119. The van der Waals surface area contributed by atoms with Gasteiger partial charge in [-0.2, -0.15) is 5.26 Å². The fraction of sp³-hybridized carbons (Fsp3) is 0.409. The third-order valence-electron chi connectivity index (χ3n) is 5.02. The number of nitriles is 1. The molecular formula is C22H24N2O3S. The van der Waals surface area contributed by atoms with Crippen molar-refractivity contribution in [2.75, 3.05) is 11.9 Å². The number of rotatable bonds is 5. The average Bonchev–Trinajstić information content (AvgIpc) is 3.01. The van der Waals surface area contributed by atoms with Crippen molar-refractivity contribution in [3.8, 4) is 6.07 Å². The molecule has 1 amide bonds. The van der Waals surface area contributed by atoms with Crippen LogP contribution < -0.4 is 5.32 Å². The summed E-state index contributed by atoms with van der Waals surface area (Å²) < 4.78 is 5.13. The van der Waals surface area contributed by atoms with Crippen molar-refractivity contribution in [1.82, 2.24) is 0 Å². The number of nitrogens with one attached hydrogen (secondary N) is 1. The number of carbonyl (C=O) groups excluding carboxylic acids is 2. The molecule has 3 rings (SSSR count). The lowest BCUT2D eigenvalue weighted by Gasteiger charge is -2.17. The van der Waals surface area contributed by atoms with E-state index in [4.69, 9.17) is 4.74 Å². The highest BCUT2D eigenvalue weighted by Crippen LogP contribution is 2.39. The second-order valence-corrected chi connectivity index (χ2v) is 8.67. The van der Waals surface area contributed by atoms with E-state index in [1.807, 2.05) is 12.1 Å². The van der Waals surface area contributed by atoms with Crippen LogP contribution >= 0.6 is 11.3 Å². The summed E-state index contributed by atoms with van der Waals surface area (Å²) in [5.41, 5.74) is 3.16. The van der Waals surface area contributed by atoms with Crippen molar-refractivity contribution < 1.29 is 14.3 Å². The second-order valence-electron chi connectivity index (χ2n) is 7.57. The Balaban J connectivity index is 1.60. The maximum absolute atomic E-state index is 12.2. The Morgan fingerprint density at radius 3 is 2.68 bits per heavy atom. The van der Waals surface area contributed by atoms with Crippen LogP contribution in [0.4, 0.5) is 5.00 Å². The van der Waals surface area contributed by atoms with E-state index in [1.165, 1.54) is 16.2 Å². The quantitative estimate of drug-likeness (QED) is 0.745. The Morgan fingerprint density at radius 1 is 1.32 bits per heavy atom. The molecule has 0 saturated carbocycles. The molecular weight excluding hydrogens is 372 g/mol. The molecule has 1 heterocycles. The minimum atomic E-state index is -0.537. The highest BCUT2D eigenvalue weighted by atomic mass is 32.1. The number of ether oxygens (including phenoxy) is 1. The van der Waals surface area contributed by atoms with Crippen LogP contribution in [0.5, 0.6) is 0 Å². The monoisotopic (exact) mass is 396 g/mol. The van der Waals surface area contributed by atoms with Gasteiger partial charge in [-0.1, -0.05) is 32.9 Å². The molecule has 0 aliphatic heterocycles. The molecule has 28 heavy (non-hydrogen) atoms. The molecule has 5 nitrogen and oxygen atoms in total. The Bertz CT molecular complexity index is 922. The van der Waals surface area contributed by atoms with Crippen LogP contribution in [0.1, 0.15) is 65.0 Å². The molecule has 1 aromatic heterocycles. The van der Waals surface area contributed by atoms with Crippen LogP contribution in [0.15, 0.2) is 24.3 Å². The minimum absolute atomic E-state index is 0.379. The number of hydrogen-bond donors (Lipinski definition) is 1. The number of benzene rings is 1. The average molecular weight is 397 g/mol. The smallest absolute Gasteiger partial charge is 0.338 e. The molecule has 146 valence electrons. The SMILES string of the molecule is CC(C)c1ccc(C(=O)OCC(=O)Nc2sc3c(c2C#N)CC[C@@H](C)C3)cc1. The van der Waals surface area contributed by atoms with Crippen molar-refractivity contribution in [3.05, 3.63) is 51.4 Å². The maximum Gasteiger partial charge on any atom is 0.338 e.